The van der Waals surface area contributed by atoms with Gasteiger partial charge in [-0.25, -0.2) is 4.79 Å². The van der Waals surface area contributed by atoms with Crippen LogP contribution in [-0.2, 0) is 4.74 Å². The van der Waals surface area contributed by atoms with Gasteiger partial charge in [0.2, 0.25) is 0 Å². The lowest BCUT2D eigenvalue weighted by Gasteiger charge is -2.25. The number of hydrogen-bond acceptors (Lipinski definition) is 3. The Morgan fingerprint density at radius 1 is 0.690 bits per heavy atom. The standard InChI is InChI=1S/C24H48N2O2S/c1-4-7-9-11-13-15-17-19-21-26(23(29)25-24(27)28-6-3)22-20-18-16-14-12-10-8-5-2/h4-22H2,1-3H3,(H,25,27,29). The Morgan fingerprint density at radius 2 is 1.07 bits per heavy atom. The molecule has 172 valence electrons. The zero-order valence-corrected chi connectivity index (χ0v) is 20.4. The van der Waals surface area contributed by atoms with Gasteiger partial charge in [-0.3, -0.25) is 5.32 Å². The Morgan fingerprint density at radius 3 is 1.45 bits per heavy atom. The average molecular weight is 429 g/mol. The predicted molar refractivity (Wildman–Crippen MR) is 130 cm³/mol. The van der Waals surface area contributed by atoms with Gasteiger partial charge in [0.05, 0.1) is 6.61 Å². The van der Waals surface area contributed by atoms with Gasteiger partial charge in [-0.15, -0.1) is 0 Å². The summed E-state index contributed by atoms with van der Waals surface area (Å²) in [4.78, 5) is 13.9. The monoisotopic (exact) mass is 428 g/mol. The average Bonchev–Trinajstić information content (AvgIpc) is 2.70. The SMILES string of the molecule is CCCCCCCCCCN(CCCCCCCCCC)C(=S)NC(=O)OCC. The fraction of sp³-hybridized carbons (Fsp3) is 0.917. The molecule has 4 nitrogen and oxygen atoms in total. The summed E-state index contributed by atoms with van der Waals surface area (Å²) in [6.45, 7) is 8.54. The molecule has 0 fully saturated rings. The number of nitrogens with one attached hydrogen (secondary N) is 1. The van der Waals surface area contributed by atoms with Crippen LogP contribution in [0, 0.1) is 0 Å². The Labute approximate surface area is 186 Å². The molecule has 0 aromatic heterocycles. The molecule has 1 N–H and O–H groups in total. The Kier molecular flexibility index (Phi) is 21.2. The van der Waals surface area contributed by atoms with Crippen LogP contribution in [0.25, 0.3) is 0 Å². The van der Waals surface area contributed by atoms with Gasteiger partial charge in [0.15, 0.2) is 5.11 Å². The Hall–Kier alpha value is -0.840. The number of alkyl carbamates (subject to hydrolysis) is 1. The topological polar surface area (TPSA) is 41.6 Å². The molecular formula is C24H48N2O2S. The first-order valence-corrected chi connectivity index (χ1v) is 12.8. The van der Waals surface area contributed by atoms with E-state index in [4.69, 9.17) is 17.0 Å². The Balaban J connectivity index is 4.09. The minimum atomic E-state index is -0.436. The van der Waals surface area contributed by atoms with Gasteiger partial charge >= 0.3 is 6.09 Å². The van der Waals surface area contributed by atoms with Crippen molar-refractivity contribution in [3.63, 3.8) is 0 Å². The molecule has 0 rings (SSSR count). The maximum atomic E-state index is 11.7. The second kappa shape index (κ2) is 21.9. The van der Waals surface area contributed by atoms with Crippen molar-refractivity contribution in [1.29, 1.82) is 0 Å². The van der Waals surface area contributed by atoms with Crippen LogP contribution in [0.2, 0.25) is 0 Å². The fourth-order valence-electron chi connectivity index (χ4n) is 3.52. The van der Waals surface area contributed by atoms with Gasteiger partial charge in [0.25, 0.3) is 0 Å². The maximum Gasteiger partial charge on any atom is 0.413 e. The number of hydrogen-bond donors (Lipinski definition) is 1. The van der Waals surface area contributed by atoms with E-state index in [1.54, 1.807) is 6.92 Å². The van der Waals surface area contributed by atoms with E-state index in [1.165, 1.54) is 89.9 Å². The van der Waals surface area contributed by atoms with E-state index < -0.39 is 6.09 Å². The number of unbranched alkanes of at least 4 members (excludes halogenated alkanes) is 14. The predicted octanol–water partition coefficient (Wildman–Crippen LogP) is 7.60. The summed E-state index contributed by atoms with van der Waals surface area (Å²) in [7, 11) is 0. The zero-order chi connectivity index (χ0) is 21.6. The summed E-state index contributed by atoms with van der Waals surface area (Å²) in [5.41, 5.74) is 0. The maximum absolute atomic E-state index is 11.7. The molecule has 29 heavy (non-hydrogen) atoms. The van der Waals surface area contributed by atoms with Crippen molar-refractivity contribution in [1.82, 2.24) is 10.2 Å². The molecule has 0 aliphatic heterocycles. The summed E-state index contributed by atoms with van der Waals surface area (Å²) >= 11 is 5.48. The second-order valence-electron chi connectivity index (χ2n) is 8.09. The number of ether oxygens (including phenoxy) is 1. The largest absolute Gasteiger partial charge is 0.450 e. The molecular weight excluding hydrogens is 380 g/mol. The van der Waals surface area contributed by atoms with Gasteiger partial charge in [-0.1, -0.05) is 104 Å². The Bertz CT molecular complexity index is 371. The second-order valence-corrected chi connectivity index (χ2v) is 8.47. The highest BCUT2D eigenvalue weighted by atomic mass is 32.1. The molecule has 0 aromatic rings. The molecule has 0 saturated heterocycles. The minimum Gasteiger partial charge on any atom is -0.450 e. The lowest BCUT2D eigenvalue weighted by molar-refractivity contribution is 0.156. The molecule has 5 heteroatoms. The molecule has 0 unspecified atom stereocenters. The molecule has 0 spiro atoms. The lowest BCUT2D eigenvalue weighted by Crippen LogP contribution is -2.43. The number of amides is 1. The van der Waals surface area contributed by atoms with Crippen LogP contribution >= 0.6 is 12.2 Å². The molecule has 1 amide bonds. The van der Waals surface area contributed by atoms with Crippen molar-refractivity contribution in [3.8, 4) is 0 Å². The third-order valence-corrected chi connectivity index (χ3v) is 5.70. The van der Waals surface area contributed by atoms with E-state index in [-0.39, 0.29) is 0 Å². The smallest absolute Gasteiger partial charge is 0.413 e. The van der Waals surface area contributed by atoms with E-state index in [2.05, 4.69) is 24.1 Å². The third-order valence-electron chi connectivity index (χ3n) is 5.33. The van der Waals surface area contributed by atoms with E-state index in [9.17, 15) is 4.79 Å². The minimum absolute atomic E-state index is 0.366. The van der Waals surface area contributed by atoms with Gasteiger partial charge in [0.1, 0.15) is 0 Å². The van der Waals surface area contributed by atoms with Crippen molar-refractivity contribution in [2.75, 3.05) is 19.7 Å². The number of carbonyl (C=O) groups is 1. The number of rotatable bonds is 19. The van der Waals surface area contributed by atoms with Crippen molar-refractivity contribution < 1.29 is 9.53 Å². The molecule has 0 aliphatic carbocycles. The molecule has 0 heterocycles. The number of carbonyl (C=O) groups excluding carboxylic acids is 1. The first-order chi connectivity index (χ1) is 14.2. The molecule has 0 saturated carbocycles. The quantitative estimate of drug-likeness (QED) is 0.170. The first kappa shape index (κ1) is 28.2. The van der Waals surface area contributed by atoms with Crippen LogP contribution in [0.4, 0.5) is 4.79 Å². The van der Waals surface area contributed by atoms with Crippen LogP contribution in [0.15, 0.2) is 0 Å². The van der Waals surface area contributed by atoms with Crippen molar-refractivity contribution in [3.05, 3.63) is 0 Å². The van der Waals surface area contributed by atoms with E-state index in [0.29, 0.717) is 11.7 Å². The van der Waals surface area contributed by atoms with E-state index in [0.717, 1.165) is 25.9 Å². The lowest BCUT2D eigenvalue weighted by atomic mass is 10.1. The third kappa shape index (κ3) is 18.9. The molecule has 0 bridgehead atoms. The summed E-state index contributed by atoms with van der Waals surface area (Å²) < 4.78 is 4.98. The van der Waals surface area contributed by atoms with Crippen LogP contribution in [0.5, 0.6) is 0 Å². The van der Waals surface area contributed by atoms with Gasteiger partial charge in [0, 0.05) is 13.1 Å². The van der Waals surface area contributed by atoms with Gasteiger partial charge in [-0.05, 0) is 32.0 Å². The number of thiocarbonyl (C=S) groups is 1. The fourth-order valence-corrected chi connectivity index (χ4v) is 3.79. The van der Waals surface area contributed by atoms with Crippen molar-refractivity contribution in [2.45, 2.75) is 124 Å². The van der Waals surface area contributed by atoms with E-state index >= 15 is 0 Å². The summed E-state index contributed by atoms with van der Waals surface area (Å²) in [6, 6.07) is 0. The van der Waals surface area contributed by atoms with Crippen LogP contribution < -0.4 is 5.32 Å². The highest BCUT2D eigenvalue weighted by molar-refractivity contribution is 7.80. The highest BCUT2D eigenvalue weighted by Crippen LogP contribution is 2.11. The van der Waals surface area contributed by atoms with Crippen molar-refractivity contribution in [2.24, 2.45) is 0 Å². The number of nitrogens with zero attached hydrogens (tertiary/aromatic N) is 1. The van der Waals surface area contributed by atoms with Gasteiger partial charge < -0.3 is 9.64 Å². The summed E-state index contributed by atoms with van der Waals surface area (Å²) in [5.74, 6) is 0. The summed E-state index contributed by atoms with van der Waals surface area (Å²) in [6.07, 6.45) is 20.4. The van der Waals surface area contributed by atoms with Gasteiger partial charge in [-0.2, -0.15) is 0 Å². The van der Waals surface area contributed by atoms with E-state index in [1.807, 2.05) is 0 Å². The first-order valence-electron chi connectivity index (χ1n) is 12.4. The molecule has 0 aliphatic rings. The van der Waals surface area contributed by atoms with Crippen LogP contribution in [0.3, 0.4) is 0 Å². The summed E-state index contributed by atoms with van der Waals surface area (Å²) in [5, 5.41) is 3.25. The van der Waals surface area contributed by atoms with Crippen molar-refractivity contribution >= 4 is 23.4 Å². The molecule has 0 radical (unpaired) electrons. The van der Waals surface area contributed by atoms with Crippen LogP contribution in [-0.4, -0.2) is 35.8 Å². The molecule has 0 aromatic carbocycles. The van der Waals surface area contributed by atoms with Crippen LogP contribution in [0.1, 0.15) is 124 Å². The highest BCUT2D eigenvalue weighted by Gasteiger charge is 2.12. The molecule has 0 atom stereocenters. The zero-order valence-electron chi connectivity index (χ0n) is 19.6. The normalized spacial score (nSPS) is 10.7.